The van der Waals surface area contributed by atoms with E-state index in [9.17, 15) is 35.4 Å². The van der Waals surface area contributed by atoms with E-state index in [1.807, 2.05) is 30.3 Å². The van der Waals surface area contributed by atoms with Gasteiger partial charge < -0.3 is 65.4 Å². The van der Waals surface area contributed by atoms with Gasteiger partial charge in [-0.05, 0) is 60.9 Å². The molecule has 0 spiro atoms. The van der Waals surface area contributed by atoms with Crippen molar-refractivity contribution in [3.8, 4) is 17.2 Å². The fourth-order valence-corrected chi connectivity index (χ4v) is 7.43. The van der Waals surface area contributed by atoms with Crippen molar-refractivity contribution < 1.29 is 59.1 Å². The SMILES string of the molecule is CC(=Cc1cccc(O)c1O[C@@H]1O[C@H](/C(C)=C/COc2ccc(CN(CCN)Cc3ccccc3)cc2Cl)[C@@H](O)C1O)C(=O)N[C@@H]1[C@H](O)[C@@H](O)[C@H]2OCO[C@H]2[C@@H]1O. The third kappa shape index (κ3) is 9.96. The zero-order chi connectivity index (χ0) is 40.8. The molecule has 308 valence electrons. The second kappa shape index (κ2) is 19.1. The number of ether oxygens (including phenoxy) is 5. The van der Waals surface area contributed by atoms with Crippen molar-refractivity contribution >= 4 is 23.6 Å². The lowest BCUT2D eigenvalue weighted by Crippen LogP contribution is -2.67. The highest BCUT2D eigenvalue weighted by molar-refractivity contribution is 6.32. The van der Waals surface area contributed by atoms with Crippen LogP contribution in [0, 0.1) is 0 Å². The summed E-state index contributed by atoms with van der Waals surface area (Å²) in [5, 5.41) is 67.4. The summed E-state index contributed by atoms with van der Waals surface area (Å²) >= 11 is 6.60. The first-order chi connectivity index (χ1) is 27.4. The fourth-order valence-electron chi connectivity index (χ4n) is 7.18. The van der Waals surface area contributed by atoms with Crippen LogP contribution in [0.3, 0.4) is 0 Å². The molecule has 2 aliphatic heterocycles. The van der Waals surface area contributed by atoms with E-state index < -0.39 is 67.1 Å². The van der Waals surface area contributed by atoms with Crippen molar-refractivity contribution in [3.63, 3.8) is 0 Å². The zero-order valence-electron chi connectivity index (χ0n) is 31.6. The number of amides is 1. The summed E-state index contributed by atoms with van der Waals surface area (Å²) in [4.78, 5) is 15.4. The molecule has 3 fully saturated rings. The van der Waals surface area contributed by atoms with E-state index in [0.717, 1.165) is 12.1 Å². The van der Waals surface area contributed by atoms with Crippen molar-refractivity contribution in [2.24, 2.45) is 5.73 Å². The highest BCUT2D eigenvalue weighted by Gasteiger charge is 2.53. The summed E-state index contributed by atoms with van der Waals surface area (Å²) in [7, 11) is 0. The van der Waals surface area contributed by atoms with E-state index in [0.29, 0.717) is 36.0 Å². The number of hydrogen-bond acceptors (Lipinski definition) is 14. The monoisotopic (exact) mass is 811 g/mol. The van der Waals surface area contributed by atoms with Gasteiger partial charge >= 0.3 is 0 Å². The molecule has 1 aliphatic carbocycles. The van der Waals surface area contributed by atoms with Crippen molar-refractivity contribution in [2.75, 3.05) is 26.5 Å². The molecule has 9 N–H and O–H groups in total. The van der Waals surface area contributed by atoms with Gasteiger partial charge in [0.15, 0.2) is 11.5 Å². The summed E-state index contributed by atoms with van der Waals surface area (Å²) in [6, 6.07) is 18.9. The van der Waals surface area contributed by atoms with Crippen molar-refractivity contribution in [2.45, 2.75) is 88.1 Å². The Morgan fingerprint density at radius 3 is 2.35 bits per heavy atom. The van der Waals surface area contributed by atoms with Crippen LogP contribution in [0.15, 0.2) is 84.0 Å². The summed E-state index contributed by atoms with van der Waals surface area (Å²) in [5.74, 6) is -0.699. The fraction of sp³-hybridized carbons (Fsp3) is 0.439. The molecule has 1 unspecified atom stereocenters. The number of rotatable bonds is 15. The van der Waals surface area contributed by atoms with Gasteiger partial charge in [-0.25, -0.2) is 0 Å². The molecule has 15 nitrogen and oxygen atoms in total. The number of nitrogens with one attached hydrogen (secondary N) is 1. The molecular formula is C41H50ClN3O12. The highest BCUT2D eigenvalue weighted by Crippen LogP contribution is 2.37. The Balaban J connectivity index is 1.06. The molecule has 57 heavy (non-hydrogen) atoms. The number of carbonyl (C=O) groups is 1. The summed E-state index contributed by atoms with van der Waals surface area (Å²) in [6.45, 7) is 5.71. The number of para-hydroxylation sites is 1. The van der Waals surface area contributed by atoms with E-state index in [2.05, 4.69) is 22.3 Å². The van der Waals surface area contributed by atoms with Crippen molar-refractivity contribution in [1.29, 1.82) is 0 Å². The lowest BCUT2D eigenvalue weighted by atomic mass is 9.83. The number of phenolic OH excluding ortho intramolecular Hbond substituents is 1. The van der Waals surface area contributed by atoms with E-state index in [-0.39, 0.29) is 36.0 Å². The molecule has 0 aromatic heterocycles. The first-order valence-electron chi connectivity index (χ1n) is 18.7. The molecule has 6 rings (SSSR count). The minimum absolute atomic E-state index is 0.0814. The van der Waals surface area contributed by atoms with Crippen LogP contribution in [0.2, 0.25) is 5.02 Å². The van der Waals surface area contributed by atoms with Crippen LogP contribution in [-0.2, 0) is 32.1 Å². The molecule has 10 atom stereocenters. The molecule has 1 amide bonds. The van der Waals surface area contributed by atoms with Crippen molar-refractivity contribution in [3.05, 3.63) is 106 Å². The molecule has 1 saturated carbocycles. The third-order valence-corrected chi connectivity index (χ3v) is 10.6. The molecule has 2 saturated heterocycles. The molecule has 3 aromatic carbocycles. The van der Waals surface area contributed by atoms with Gasteiger partial charge in [0.1, 0.15) is 68.0 Å². The number of nitrogens with two attached hydrogens (primary N) is 1. The topological polar surface area (TPSA) is 226 Å². The Bertz CT molecular complexity index is 1900. The van der Waals surface area contributed by atoms with Gasteiger partial charge in [-0.1, -0.05) is 60.1 Å². The van der Waals surface area contributed by atoms with Gasteiger partial charge in [-0.2, -0.15) is 0 Å². The Morgan fingerprint density at radius 2 is 1.63 bits per heavy atom. The smallest absolute Gasteiger partial charge is 0.247 e. The van der Waals surface area contributed by atoms with Crippen LogP contribution in [0.4, 0.5) is 0 Å². The van der Waals surface area contributed by atoms with Crippen molar-refractivity contribution in [1.82, 2.24) is 10.2 Å². The first kappa shape index (κ1) is 42.5. The van der Waals surface area contributed by atoms with Gasteiger partial charge in [-0.15, -0.1) is 0 Å². The zero-order valence-corrected chi connectivity index (χ0v) is 32.3. The second-order valence-corrected chi connectivity index (χ2v) is 14.8. The number of aliphatic hydroxyl groups excluding tert-OH is 5. The first-order valence-corrected chi connectivity index (χ1v) is 19.0. The maximum atomic E-state index is 13.2. The standard InChI is InChI=1S/C41H50ClN3O12/c1-22(13-16-53-29-12-11-25(18-27(29)42)20-45(15-14-43)19-24-7-4-3-5-8-24)36-34(50)35(51)41(56-36)57-37-26(9-6-10-28(37)46)17-23(2)40(52)44-30-31(47)33(49)39-38(32(30)48)54-21-55-39/h3-13,17-18,30-36,38-39,41,46-51H,14-16,19-21,43H2,1-2H3,(H,44,52)/b22-13+,23-17?/t30-,31+,32-,33-,34+,35?,36-,38+,39-,41+/m1/s1. The average molecular weight is 812 g/mol. The molecule has 0 bridgehead atoms. The van der Waals surface area contributed by atoms with Crippen LogP contribution < -0.4 is 20.5 Å². The Labute approximate surface area is 335 Å². The van der Waals surface area contributed by atoms with Crippen LogP contribution in [0.25, 0.3) is 6.08 Å². The maximum Gasteiger partial charge on any atom is 0.247 e. The molecule has 0 radical (unpaired) electrons. The predicted octanol–water partition coefficient (Wildman–Crippen LogP) is 1.58. The minimum Gasteiger partial charge on any atom is -0.504 e. The number of benzene rings is 3. The number of nitrogens with zero attached hydrogens (tertiary/aromatic N) is 1. The minimum atomic E-state index is -1.54. The number of halogens is 1. The molecular weight excluding hydrogens is 762 g/mol. The number of carbonyl (C=O) groups excluding carboxylic acids is 1. The van der Waals surface area contributed by atoms with Gasteiger partial charge in [0.25, 0.3) is 0 Å². The van der Waals surface area contributed by atoms with E-state index in [4.69, 9.17) is 41.0 Å². The highest BCUT2D eigenvalue weighted by atomic mass is 35.5. The van der Waals surface area contributed by atoms with Gasteiger partial charge in [0.05, 0.1) is 11.1 Å². The normalized spacial score (nSPS) is 29.0. The third-order valence-electron chi connectivity index (χ3n) is 10.3. The lowest BCUT2D eigenvalue weighted by Gasteiger charge is -2.41. The maximum absolute atomic E-state index is 13.2. The van der Waals surface area contributed by atoms with E-state index >= 15 is 0 Å². The van der Waals surface area contributed by atoms with Gasteiger partial charge in [0.2, 0.25) is 12.2 Å². The quantitative estimate of drug-likeness (QED) is 0.0807. The van der Waals surface area contributed by atoms with Gasteiger partial charge in [-0.3, -0.25) is 9.69 Å². The molecule has 16 heteroatoms. The largest absolute Gasteiger partial charge is 0.504 e. The lowest BCUT2D eigenvalue weighted by molar-refractivity contribution is -0.155. The van der Waals surface area contributed by atoms with Gasteiger partial charge in [0, 0.05) is 37.3 Å². The Kier molecular flexibility index (Phi) is 14.2. The number of fused-ring (bicyclic) bond motifs is 1. The Hall–Kier alpha value is -4.10. The second-order valence-electron chi connectivity index (χ2n) is 14.4. The number of aliphatic hydroxyl groups is 5. The average Bonchev–Trinajstić information content (AvgIpc) is 3.80. The molecule has 2 heterocycles. The number of hydrogen-bond donors (Lipinski definition) is 8. The summed E-state index contributed by atoms with van der Waals surface area (Å²) in [5.41, 5.74) is 8.91. The van der Waals surface area contributed by atoms with Crippen LogP contribution >= 0.6 is 11.6 Å². The summed E-state index contributed by atoms with van der Waals surface area (Å²) in [6.07, 6.45) is -8.44. The Morgan fingerprint density at radius 1 is 0.912 bits per heavy atom. The summed E-state index contributed by atoms with van der Waals surface area (Å²) < 4.78 is 28.4. The molecule has 3 aromatic rings. The van der Waals surface area contributed by atoms with E-state index in [1.165, 1.54) is 30.7 Å². The predicted molar refractivity (Wildman–Crippen MR) is 208 cm³/mol. The number of phenols is 1. The van der Waals surface area contributed by atoms with E-state index in [1.54, 1.807) is 25.1 Å². The van der Waals surface area contributed by atoms with Crippen LogP contribution in [-0.4, -0.2) is 129 Å². The number of aromatic hydroxyl groups is 1. The van der Waals surface area contributed by atoms with Crippen LogP contribution in [0.1, 0.15) is 30.5 Å². The van der Waals surface area contributed by atoms with Crippen LogP contribution in [0.5, 0.6) is 17.2 Å². The molecule has 3 aliphatic rings.